The first-order chi connectivity index (χ1) is 12.2. The van der Waals surface area contributed by atoms with Crippen LogP contribution in [0.15, 0.2) is 43.2 Å². The molecule has 24 heavy (non-hydrogen) atoms. The second-order valence-electron chi connectivity index (χ2n) is 7.14. The number of rotatable bonds is 2. The molecule has 1 N–H and O–H groups in total. The van der Waals surface area contributed by atoms with Gasteiger partial charge >= 0.3 is 0 Å². The third kappa shape index (κ3) is 2.23. The zero-order valence-electron chi connectivity index (χ0n) is 14.6. The van der Waals surface area contributed by atoms with Crippen LogP contribution in [0.5, 0.6) is 0 Å². The molecule has 1 saturated carbocycles. The highest BCUT2D eigenvalue weighted by atomic mass is 15.2. The number of hydrogen-bond acceptors (Lipinski definition) is 4. The summed E-state index contributed by atoms with van der Waals surface area (Å²) in [6, 6.07) is 4.14. The highest BCUT2D eigenvalue weighted by molar-refractivity contribution is 5.69. The molecule has 0 unspecified atom stereocenters. The Labute approximate surface area is 142 Å². The molecular weight excluding hydrogens is 298 g/mol. The average molecular weight is 320 g/mol. The van der Waals surface area contributed by atoms with Gasteiger partial charge in [-0.25, -0.2) is 14.5 Å². The number of aromatic nitrogens is 4. The molecule has 0 amide bonds. The molecule has 2 fully saturated rings. The Bertz CT molecular complexity index is 906. The van der Waals surface area contributed by atoms with Gasteiger partial charge < -0.3 is 5.32 Å². The lowest BCUT2D eigenvalue weighted by molar-refractivity contribution is 0.0977. The molecule has 122 valence electrons. The Morgan fingerprint density at radius 2 is 1.92 bits per heavy atom. The molecular formula is C19H21N5. The Hall–Kier alpha value is -2.27. The molecule has 0 bridgehead atoms. The van der Waals surface area contributed by atoms with Crippen molar-refractivity contribution in [3.63, 3.8) is 0 Å². The minimum absolute atomic E-state index is 0.458. The molecule has 5 nitrogen and oxygen atoms in total. The minimum Gasteiger partial charge on any atom is -0.316 e. The summed E-state index contributed by atoms with van der Waals surface area (Å²) >= 11 is 0. The fourth-order valence-electron chi connectivity index (χ4n) is 4.06. The second-order valence-corrected chi connectivity index (χ2v) is 7.14. The van der Waals surface area contributed by atoms with Crippen LogP contribution in [-0.2, 0) is 0 Å². The van der Waals surface area contributed by atoms with E-state index in [2.05, 4.69) is 26.4 Å². The smallest absolute Gasteiger partial charge is 0.115 e. The summed E-state index contributed by atoms with van der Waals surface area (Å²) in [7, 11) is 0. The van der Waals surface area contributed by atoms with Gasteiger partial charge in [-0.15, -0.1) is 0 Å². The van der Waals surface area contributed by atoms with Crippen molar-refractivity contribution < 1.29 is 1.37 Å². The zero-order chi connectivity index (χ0) is 16.9. The third-order valence-corrected chi connectivity index (χ3v) is 5.71. The van der Waals surface area contributed by atoms with Crippen molar-refractivity contribution in [3.8, 4) is 11.1 Å². The van der Waals surface area contributed by atoms with Crippen molar-refractivity contribution >= 4 is 5.52 Å². The van der Waals surface area contributed by atoms with Gasteiger partial charge in [-0.1, -0.05) is 0 Å². The molecule has 1 aliphatic carbocycles. The van der Waals surface area contributed by atoms with Gasteiger partial charge in [0.25, 0.3) is 0 Å². The van der Waals surface area contributed by atoms with Gasteiger partial charge in [-0.05, 0) is 54.7 Å². The predicted molar refractivity (Wildman–Crippen MR) is 92.7 cm³/mol. The van der Waals surface area contributed by atoms with Crippen molar-refractivity contribution in [2.45, 2.75) is 31.6 Å². The molecule has 3 aromatic heterocycles. The van der Waals surface area contributed by atoms with E-state index in [1.165, 1.54) is 6.33 Å². The summed E-state index contributed by atoms with van der Waals surface area (Å²) in [4.78, 5) is 8.22. The quantitative estimate of drug-likeness (QED) is 0.788. The Morgan fingerprint density at radius 3 is 2.62 bits per heavy atom. The van der Waals surface area contributed by atoms with E-state index in [0.717, 1.165) is 61.0 Å². The van der Waals surface area contributed by atoms with Crippen molar-refractivity contribution in [1.29, 1.82) is 0 Å². The fraction of sp³-hybridized carbons (Fsp3) is 0.421. The van der Waals surface area contributed by atoms with Crippen LogP contribution in [0.25, 0.3) is 16.6 Å². The van der Waals surface area contributed by atoms with E-state index in [9.17, 15) is 0 Å². The van der Waals surface area contributed by atoms with E-state index < -0.39 is 5.89 Å². The van der Waals surface area contributed by atoms with Crippen molar-refractivity contribution in [1.82, 2.24) is 24.9 Å². The molecule has 4 heterocycles. The largest absolute Gasteiger partial charge is 0.316 e. The molecule has 5 rings (SSSR count). The Balaban J connectivity index is 1.53. The van der Waals surface area contributed by atoms with Crippen LogP contribution in [-0.4, -0.2) is 32.7 Å². The summed E-state index contributed by atoms with van der Waals surface area (Å²) in [5, 5.41) is 7.90. The van der Waals surface area contributed by atoms with Gasteiger partial charge in [0.15, 0.2) is 0 Å². The molecule has 5 heteroatoms. The van der Waals surface area contributed by atoms with E-state index in [1.54, 1.807) is 0 Å². The number of nitrogens with one attached hydrogen (secondary N) is 1. The van der Waals surface area contributed by atoms with Crippen LogP contribution in [0.4, 0.5) is 0 Å². The van der Waals surface area contributed by atoms with E-state index in [4.69, 9.17) is 1.37 Å². The minimum atomic E-state index is -0.533. The highest BCUT2D eigenvalue weighted by Crippen LogP contribution is 2.46. The van der Waals surface area contributed by atoms with Gasteiger partial charge in [0.2, 0.25) is 0 Å². The summed E-state index contributed by atoms with van der Waals surface area (Å²) in [5.41, 5.74) is 4.58. The number of fused-ring (bicyclic) bond motifs is 1. The number of hydrogen-bond donors (Lipinski definition) is 1. The highest BCUT2D eigenvalue weighted by Gasteiger charge is 2.40. The molecule has 1 saturated heterocycles. The van der Waals surface area contributed by atoms with Crippen LogP contribution >= 0.6 is 0 Å². The summed E-state index contributed by atoms with van der Waals surface area (Å²) in [5.74, 6) is -0.533. The third-order valence-electron chi connectivity index (χ3n) is 5.71. The fourth-order valence-corrected chi connectivity index (χ4v) is 4.06. The van der Waals surface area contributed by atoms with E-state index in [1.807, 2.05) is 35.4 Å². The van der Waals surface area contributed by atoms with Gasteiger partial charge in [0.1, 0.15) is 6.33 Å². The molecule has 0 atom stereocenters. The van der Waals surface area contributed by atoms with Crippen LogP contribution in [0.2, 0.25) is 0 Å². The van der Waals surface area contributed by atoms with Crippen LogP contribution < -0.4 is 5.32 Å². The lowest BCUT2D eigenvalue weighted by Crippen LogP contribution is -2.54. The lowest BCUT2D eigenvalue weighted by Gasteiger charge is -2.47. The standard InChI is InChI=1S/C19H21N5/c1-4-19(11-22-12-19)5-2-14(1)17-10-23-24-6-3-15(7-18(17)24)16-8-20-13-21-9-16/h3,6-10,13-14,22H,1-2,4-5,11-12H2/i14D. The first-order valence-electron chi connectivity index (χ1n) is 9.12. The Kier molecular flexibility index (Phi) is 2.93. The lowest BCUT2D eigenvalue weighted by atomic mass is 9.66. The van der Waals surface area contributed by atoms with Gasteiger partial charge in [0, 0.05) is 44.2 Å². The van der Waals surface area contributed by atoms with Gasteiger partial charge in [-0.3, -0.25) is 0 Å². The van der Waals surface area contributed by atoms with Crippen LogP contribution in [0.3, 0.4) is 0 Å². The summed E-state index contributed by atoms with van der Waals surface area (Å²) in [6.45, 7) is 2.24. The second kappa shape index (κ2) is 5.38. The van der Waals surface area contributed by atoms with Crippen molar-refractivity contribution in [2.75, 3.05) is 13.1 Å². The van der Waals surface area contributed by atoms with Crippen LogP contribution in [0, 0.1) is 5.41 Å². The number of nitrogens with zero attached hydrogens (tertiary/aromatic N) is 4. The van der Waals surface area contributed by atoms with E-state index in [-0.39, 0.29) is 0 Å². The molecule has 0 radical (unpaired) electrons. The van der Waals surface area contributed by atoms with E-state index >= 15 is 0 Å². The summed E-state index contributed by atoms with van der Waals surface area (Å²) in [6.07, 6.45) is 13.1. The van der Waals surface area contributed by atoms with Crippen molar-refractivity contribution in [2.24, 2.45) is 5.41 Å². The first-order valence-corrected chi connectivity index (χ1v) is 8.62. The van der Waals surface area contributed by atoms with E-state index in [0.29, 0.717) is 5.41 Å². The number of pyridine rings is 1. The maximum absolute atomic E-state index is 9.11. The average Bonchev–Trinajstić information content (AvgIpc) is 3.06. The monoisotopic (exact) mass is 320 g/mol. The Morgan fingerprint density at radius 1 is 1.12 bits per heavy atom. The summed E-state index contributed by atoms with van der Waals surface area (Å²) < 4.78 is 11.0. The molecule has 1 aliphatic heterocycles. The van der Waals surface area contributed by atoms with Crippen molar-refractivity contribution in [3.05, 3.63) is 48.8 Å². The first kappa shape index (κ1) is 13.1. The zero-order valence-corrected chi connectivity index (χ0v) is 13.6. The normalized spacial score (nSPS) is 22.2. The van der Waals surface area contributed by atoms with Gasteiger partial charge in [0.05, 0.1) is 11.7 Å². The molecule has 1 spiro atoms. The van der Waals surface area contributed by atoms with Gasteiger partial charge in [-0.2, -0.15) is 5.10 Å². The van der Waals surface area contributed by atoms with Crippen LogP contribution in [0.1, 0.15) is 38.5 Å². The topological polar surface area (TPSA) is 55.1 Å². The maximum Gasteiger partial charge on any atom is 0.115 e. The maximum atomic E-state index is 9.11. The molecule has 2 aliphatic rings. The molecule has 3 aromatic rings. The predicted octanol–water partition coefficient (Wildman–Crippen LogP) is 3.04. The molecule has 0 aromatic carbocycles. The SMILES string of the molecule is [2H]C1(c2cnn3ccc(-c4cncnc4)cc23)CCC2(CC1)CNC2.